The standard InChI is InChI=1S/C7H10N2O3/c8-4-5(7(10)11)3-6-1-2-12-9-6/h1-2,5H,3-4,8H2,(H,10,11). The van der Waals surface area contributed by atoms with Crippen molar-refractivity contribution in [2.24, 2.45) is 11.7 Å². The Bertz CT molecular complexity index is 245. The SMILES string of the molecule is NCC(Cc1ccon1)C(=O)O. The van der Waals surface area contributed by atoms with Crippen LogP contribution in [-0.4, -0.2) is 22.8 Å². The normalized spacial score (nSPS) is 12.8. The summed E-state index contributed by atoms with van der Waals surface area (Å²) in [6, 6.07) is 1.63. The number of carboxylic acids is 1. The zero-order chi connectivity index (χ0) is 8.97. The van der Waals surface area contributed by atoms with Crippen molar-refractivity contribution in [2.75, 3.05) is 6.54 Å². The van der Waals surface area contributed by atoms with Gasteiger partial charge in [-0.25, -0.2) is 0 Å². The number of aromatic nitrogens is 1. The predicted octanol–water partition coefficient (Wildman–Crippen LogP) is -0.123. The lowest BCUT2D eigenvalue weighted by molar-refractivity contribution is -0.141. The van der Waals surface area contributed by atoms with Crippen LogP contribution in [0.15, 0.2) is 16.9 Å². The van der Waals surface area contributed by atoms with Crippen molar-refractivity contribution >= 4 is 5.97 Å². The first-order chi connectivity index (χ1) is 5.74. The van der Waals surface area contributed by atoms with Gasteiger partial charge in [-0.1, -0.05) is 5.16 Å². The third-order valence-corrected chi connectivity index (χ3v) is 1.58. The van der Waals surface area contributed by atoms with Crippen LogP contribution >= 0.6 is 0 Å². The van der Waals surface area contributed by atoms with Gasteiger partial charge in [-0.3, -0.25) is 4.79 Å². The molecular weight excluding hydrogens is 160 g/mol. The monoisotopic (exact) mass is 170 g/mol. The summed E-state index contributed by atoms with van der Waals surface area (Å²) in [5, 5.41) is 12.2. The summed E-state index contributed by atoms with van der Waals surface area (Å²) in [5.74, 6) is -1.48. The topological polar surface area (TPSA) is 89.4 Å². The van der Waals surface area contributed by atoms with Gasteiger partial charge in [-0.2, -0.15) is 0 Å². The van der Waals surface area contributed by atoms with E-state index in [0.29, 0.717) is 12.1 Å². The molecule has 3 N–H and O–H groups in total. The maximum Gasteiger partial charge on any atom is 0.308 e. The first-order valence-corrected chi connectivity index (χ1v) is 3.56. The fourth-order valence-electron chi connectivity index (χ4n) is 0.867. The molecule has 12 heavy (non-hydrogen) atoms. The lowest BCUT2D eigenvalue weighted by Crippen LogP contribution is -2.25. The zero-order valence-corrected chi connectivity index (χ0v) is 6.43. The molecule has 0 spiro atoms. The van der Waals surface area contributed by atoms with Gasteiger partial charge >= 0.3 is 5.97 Å². The van der Waals surface area contributed by atoms with E-state index in [9.17, 15) is 4.79 Å². The second-order valence-electron chi connectivity index (χ2n) is 2.47. The summed E-state index contributed by atoms with van der Waals surface area (Å²) in [7, 11) is 0. The molecule has 0 aliphatic heterocycles. The smallest absolute Gasteiger partial charge is 0.308 e. The molecule has 0 radical (unpaired) electrons. The number of rotatable bonds is 4. The number of carbonyl (C=O) groups is 1. The van der Waals surface area contributed by atoms with Gasteiger partial charge in [0.1, 0.15) is 6.26 Å². The highest BCUT2D eigenvalue weighted by Crippen LogP contribution is 2.05. The summed E-state index contributed by atoms with van der Waals surface area (Å²) < 4.78 is 4.56. The number of hydrogen-bond donors (Lipinski definition) is 2. The van der Waals surface area contributed by atoms with Gasteiger partial charge in [0.15, 0.2) is 0 Å². The molecular formula is C7H10N2O3. The van der Waals surface area contributed by atoms with Gasteiger partial charge < -0.3 is 15.4 Å². The first kappa shape index (κ1) is 8.73. The quantitative estimate of drug-likeness (QED) is 0.657. The summed E-state index contributed by atoms with van der Waals surface area (Å²) in [5.41, 5.74) is 5.87. The second kappa shape index (κ2) is 3.87. The summed E-state index contributed by atoms with van der Waals surface area (Å²) >= 11 is 0. The molecule has 5 heteroatoms. The maximum absolute atomic E-state index is 10.5. The van der Waals surface area contributed by atoms with Crippen LogP contribution < -0.4 is 5.73 Å². The van der Waals surface area contributed by atoms with E-state index in [1.165, 1.54) is 6.26 Å². The van der Waals surface area contributed by atoms with Crippen LogP contribution in [0.4, 0.5) is 0 Å². The average molecular weight is 170 g/mol. The Hall–Kier alpha value is -1.36. The van der Waals surface area contributed by atoms with Crippen molar-refractivity contribution in [2.45, 2.75) is 6.42 Å². The Labute approximate surface area is 69.2 Å². The number of nitrogens with two attached hydrogens (primary N) is 1. The maximum atomic E-state index is 10.5. The van der Waals surface area contributed by atoms with Crippen LogP contribution in [0, 0.1) is 5.92 Å². The summed E-state index contributed by atoms with van der Waals surface area (Å²) in [6.45, 7) is 0.113. The molecule has 1 aromatic heterocycles. The molecule has 66 valence electrons. The van der Waals surface area contributed by atoms with Crippen molar-refractivity contribution < 1.29 is 14.4 Å². The molecule has 1 rings (SSSR count). The Morgan fingerprint density at radius 2 is 2.58 bits per heavy atom. The summed E-state index contributed by atoms with van der Waals surface area (Å²) in [6.07, 6.45) is 1.73. The van der Waals surface area contributed by atoms with Crippen molar-refractivity contribution in [3.05, 3.63) is 18.0 Å². The molecule has 0 saturated carbocycles. The molecule has 0 fully saturated rings. The van der Waals surface area contributed by atoms with Crippen LogP contribution in [0.3, 0.4) is 0 Å². The van der Waals surface area contributed by atoms with Gasteiger partial charge in [0.25, 0.3) is 0 Å². The van der Waals surface area contributed by atoms with Crippen molar-refractivity contribution in [1.29, 1.82) is 0 Å². The number of hydrogen-bond acceptors (Lipinski definition) is 4. The van der Waals surface area contributed by atoms with E-state index in [-0.39, 0.29) is 6.54 Å². The van der Waals surface area contributed by atoms with Gasteiger partial charge in [-0.05, 0) is 0 Å². The van der Waals surface area contributed by atoms with E-state index in [4.69, 9.17) is 10.8 Å². The van der Waals surface area contributed by atoms with Crippen LogP contribution in [0.25, 0.3) is 0 Å². The van der Waals surface area contributed by atoms with Crippen molar-refractivity contribution in [3.63, 3.8) is 0 Å². The predicted molar refractivity (Wildman–Crippen MR) is 40.4 cm³/mol. The molecule has 1 heterocycles. The Kier molecular flexibility index (Phi) is 2.82. The lowest BCUT2D eigenvalue weighted by atomic mass is 10.0. The Balaban J connectivity index is 2.54. The number of aliphatic carboxylic acids is 1. The molecule has 0 saturated heterocycles. The molecule has 0 aliphatic carbocycles. The van der Waals surface area contributed by atoms with Crippen LogP contribution in [0.2, 0.25) is 0 Å². The number of nitrogens with zero attached hydrogens (tertiary/aromatic N) is 1. The third kappa shape index (κ3) is 2.06. The van der Waals surface area contributed by atoms with Gasteiger partial charge in [-0.15, -0.1) is 0 Å². The van der Waals surface area contributed by atoms with E-state index >= 15 is 0 Å². The van der Waals surface area contributed by atoms with Crippen LogP contribution in [0.1, 0.15) is 5.69 Å². The fraction of sp³-hybridized carbons (Fsp3) is 0.429. The molecule has 5 nitrogen and oxygen atoms in total. The Morgan fingerprint density at radius 3 is 3.00 bits per heavy atom. The highest BCUT2D eigenvalue weighted by Gasteiger charge is 2.16. The molecule has 0 bridgehead atoms. The number of carboxylic acid groups (broad SMARTS) is 1. The highest BCUT2D eigenvalue weighted by atomic mass is 16.5. The van der Waals surface area contributed by atoms with E-state index in [1.54, 1.807) is 6.07 Å². The van der Waals surface area contributed by atoms with Crippen molar-refractivity contribution in [3.8, 4) is 0 Å². The Morgan fingerprint density at radius 1 is 1.83 bits per heavy atom. The largest absolute Gasteiger partial charge is 0.481 e. The second-order valence-corrected chi connectivity index (χ2v) is 2.47. The van der Waals surface area contributed by atoms with E-state index in [1.807, 2.05) is 0 Å². The molecule has 0 aromatic carbocycles. The first-order valence-electron chi connectivity index (χ1n) is 3.56. The fourth-order valence-corrected chi connectivity index (χ4v) is 0.867. The highest BCUT2D eigenvalue weighted by molar-refractivity contribution is 5.70. The van der Waals surface area contributed by atoms with Gasteiger partial charge in [0.2, 0.25) is 0 Å². The van der Waals surface area contributed by atoms with E-state index < -0.39 is 11.9 Å². The third-order valence-electron chi connectivity index (χ3n) is 1.58. The summed E-state index contributed by atoms with van der Waals surface area (Å²) in [4.78, 5) is 10.5. The van der Waals surface area contributed by atoms with Gasteiger partial charge in [0, 0.05) is 19.0 Å². The van der Waals surface area contributed by atoms with Crippen LogP contribution in [0.5, 0.6) is 0 Å². The molecule has 1 aromatic rings. The molecule has 1 unspecified atom stereocenters. The van der Waals surface area contributed by atoms with Gasteiger partial charge in [0.05, 0.1) is 11.6 Å². The lowest BCUT2D eigenvalue weighted by Gasteiger charge is -2.05. The average Bonchev–Trinajstić information content (AvgIpc) is 2.51. The minimum Gasteiger partial charge on any atom is -0.481 e. The van der Waals surface area contributed by atoms with Crippen LogP contribution in [-0.2, 0) is 11.2 Å². The van der Waals surface area contributed by atoms with E-state index in [0.717, 1.165) is 0 Å². The van der Waals surface area contributed by atoms with E-state index in [2.05, 4.69) is 9.68 Å². The molecule has 1 atom stereocenters. The molecule has 0 amide bonds. The molecule has 0 aliphatic rings. The van der Waals surface area contributed by atoms with Crippen molar-refractivity contribution in [1.82, 2.24) is 5.16 Å². The minimum atomic E-state index is -0.902. The minimum absolute atomic E-state index is 0.113. The zero-order valence-electron chi connectivity index (χ0n) is 6.43.